The van der Waals surface area contributed by atoms with Gasteiger partial charge in [0.15, 0.2) is 5.75 Å². The molecule has 154 valence electrons. The highest BCUT2D eigenvalue weighted by molar-refractivity contribution is 5.87. The van der Waals surface area contributed by atoms with Crippen LogP contribution in [0.2, 0.25) is 0 Å². The summed E-state index contributed by atoms with van der Waals surface area (Å²) in [6.45, 7) is 9.15. The van der Waals surface area contributed by atoms with E-state index in [-0.39, 0.29) is 0 Å². The molecular formula is C20H32N6O2. The number of hydrogen-bond acceptors (Lipinski definition) is 6. The smallest absolute Gasteiger partial charge is 0.408 e. The number of likely N-dealkylation sites (N-methyl/N-ethyl adjacent to an activating group) is 1. The second kappa shape index (κ2) is 9.25. The Morgan fingerprint density at radius 1 is 1.21 bits per heavy atom. The van der Waals surface area contributed by atoms with E-state index in [0.29, 0.717) is 11.3 Å². The number of carbonyl (C=O) groups is 1. The molecule has 2 N–H and O–H groups in total. The SMILES string of the molecule is CCCN1CCCN(c2nc3c(OC(N)=O)cccc3n2CCN(C)C)CC1. The van der Waals surface area contributed by atoms with Crippen LogP contribution in [0, 0.1) is 0 Å². The molecule has 1 aliphatic rings. The van der Waals surface area contributed by atoms with Crippen LogP contribution in [-0.4, -0.2) is 78.8 Å². The molecule has 0 spiro atoms. The quantitative estimate of drug-likeness (QED) is 0.781. The number of nitrogens with two attached hydrogens (primary N) is 1. The summed E-state index contributed by atoms with van der Waals surface area (Å²) in [6.07, 6.45) is 1.47. The molecule has 0 radical (unpaired) electrons. The average Bonchev–Trinajstić information content (AvgIpc) is 2.85. The fourth-order valence-electron chi connectivity index (χ4n) is 3.77. The number of fused-ring (bicyclic) bond motifs is 1. The molecule has 1 amide bonds. The van der Waals surface area contributed by atoms with Crippen molar-refractivity contribution in [2.45, 2.75) is 26.3 Å². The minimum Gasteiger partial charge on any atom is -0.408 e. The van der Waals surface area contributed by atoms with Crippen molar-refractivity contribution in [1.29, 1.82) is 0 Å². The van der Waals surface area contributed by atoms with E-state index < -0.39 is 6.09 Å². The fraction of sp³-hybridized carbons (Fsp3) is 0.600. The minimum absolute atomic E-state index is 0.414. The highest BCUT2D eigenvalue weighted by Gasteiger charge is 2.22. The van der Waals surface area contributed by atoms with Gasteiger partial charge in [0.25, 0.3) is 0 Å². The van der Waals surface area contributed by atoms with Crippen molar-refractivity contribution in [2.24, 2.45) is 5.73 Å². The maximum atomic E-state index is 11.3. The van der Waals surface area contributed by atoms with E-state index in [1.54, 1.807) is 6.07 Å². The molecule has 0 bridgehead atoms. The second-order valence-electron chi connectivity index (χ2n) is 7.59. The number of aromatic nitrogens is 2. The van der Waals surface area contributed by atoms with E-state index in [4.69, 9.17) is 15.5 Å². The summed E-state index contributed by atoms with van der Waals surface area (Å²) in [5.74, 6) is 1.35. The molecule has 0 saturated carbocycles. The van der Waals surface area contributed by atoms with E-state index in [2.05, 4.69) is 40.3 Å². The molecule has 1 aromatic carbocycles. The number of primary amides is 1. The summed E-state index contributed by atoms with van der Waals surface area (Å²) < 4.78 is 7.44. The van der Waals surface area contributed by atoms with Crippen molar-refractivity contribution in [3.05, 3.63) is 18.2 Å². The third-order valence-corrected chi connectivity index (χ3v) is 5.11. The van der Waals surface area contributed by atoms with Gasteiger partial charge in [0.2, 0.25) is 5.95 Å². The monoisotopic (exact) mass is 388 g/mol. The highest BCUT2D eigenvalue weighted by atomic mass is 16.5. The molecule has 1 fully saturated rings. The van der Waals surface area contributed by atoms with Crippen molar-refractivity contribution in [3.63, 3.8) is 0 Å². The lowest BCUT2D eigenvalue weighted by molar-refractivity contribution is 0.211. The molecule has 28 heavy (non-hydrogen) atoms. The Labute approximate surface area is 166 Å². The zero-order chi connectivity index (χ0) is 20.1. The summed E-state index contributed by atoms with van der Waals surface area (Å²) in [4.78, 5) is 23.2. The van der Waals surface area contributed by atoms with Crippen molar-refractivity contribution in [2.75, 3.05) is 58.3 Å². The van der Waals surface area contributed by atoms with E-state index >= 15 is 0 Å². The van der Waals surface area contributed by atoms with Gasteiger partial charge in [0.1, 0.15) is 5.52 Å². The van der Waals surface area contributed by atoms with Gasteiger partial charge in [-0.3, -0.25) is 0 Å². The molecule has 1 saturated heterocycles. The Hall–Kier alpha value is -2.32. The van der Waals surface area contributed by atoms with Crippen molar-refractivity contribution < 1.29 is 9.53 Å². The first-order chi connectivity index (χ1) is 13.5. The molecular weight excluding hydrogens is 356 g/mol. The van der Waals surface area contributed by atoms with Gasteiger partial charge < -0.3 is 29.7 Å². The van der Waals surface area contributed by atoms with Gasteiger partial charge >= 0.3 is 6.09 Å². The zero-order valence-corrected chi connectivity index (χ0v) is 17.2. The number of ether oxygens (including phenoxy) is 1. The number of carbonyl (C=O) groups excluding carboxylic acids is 1. The Kier molecular flexibility index (Phi) is 6.74. The Morgan fingerprint density at radius 3 is 2.75 bits per heavy atom. The summed E-state index contributed by atoms with van der Waals surface area (Å²) in [5, 5.41) is 0. The number of anilines is 1. The van der Waals surface area contributed by atoms with E-state index in [1.165, 1.54) is 6.42 Å². The van der Waals surface area contributed by atoms with Crippen molar-refractivity contribution in [1.82, 2.24) is 19.4 Å². The number of nitrogens with zero attached hydrogens (tertiary/aromatic N) is 5. The normalized spacial score (nSPS) is 15.9. The van der Waals surface area contributed by atoms with Crippen LogP contribution in [0.1, 0.15) is 19.8 Å². The Balaban J connectivity index is 1.97. The van der Waals surface area contributed by atoms with Crippen LogP contribution < -0.4 is 15.4 Å². The molecule has 3 rings (SSSR count). The Morgan fingerprint density at radius 2 is 2.04 bits per heavy atom. The lowest BCUT2D eigenvalue weighted by Crippen LogP contribution is -2.33. The van der Waals surface area contributed by atoms with Crippen LogP contribution in [-0.2, 0) is 6.54 Å². The number of imidazole rings is 1. The second-order valence-corrected chi connectivity index (χ2v) is 7.59. The average molecular weight is 389 g/mol. The highest BCUT2D eigenvalue weighted by Crippen LogP contribution is 2.30. The van der Waals surface area contributed by atoms with Crippen molar-refractivity contribution in [3.8, 4) is 5.75 Å². The lowest BCUT2D eigenvalue weighted by Gasteiger charge is -2.24. The molecule has 1 aliphatic heterocycles. The van der Waals surface area contributed by atoms with Crippen LogP contribution in [0.5, 0.6) is 5.75 Å². The third-order valence-electron chi connectivity index (χ3n) is 5.11. The van der Waals surface area contributed by atoms with E-state index in [1.807, 2.05) is 12.1 Å². The Bertz CT molecular complexity index is 803. The first kappa shape index (κ1) is 20.4. The van der Waals surface area contributed by atoms with Crippen LogP contribution >= 0.6 is 0 Å². The fourth-order valence-corrected chi connectivity index (χ4v) is 3.77. The van der Waals surface area contributed by atoms with Gasteiger partial charge in [-0.15, -0.1) is 0 Å². The molecule has 2 aromatic rings. The molecule has 0 unspecified atom stereocenters. The van der Waals surface area contributed by atoms with Crippen molar-refractivity contribution >= 4 is 23.1 Å². The van der Waals surface area contributed by atoms with Crippen LogP contribution in [0.3, 0.4) is 0 Å². The van der Waals surface area contributed by atoms with Crippen LogP contribution in [0.4, 0.5) is 10.7 Å². The van der Waals surface area contributed by atoms with Gasteiger partial charge in [0.05, 0.1) is 5.52 Å². The first-order valence-corrected chi connectivity index (χ1v) is 10.1. The summed E-state index contributed by atoms with van der Waals surface area (Å²) >= 11 is 0. The number of hydrogen-bond donors (Lipinski definition) is 1. The van der Waals surface area contributed by atoms with Crippen LogP contribution in [0.25, 0.3) is 11.0 Å². The van der Waals surface area contributed by atoms with Crippen LogP contribution in [0.15, 0.2) is 18.2 Å². The predicted molar refractivity (Wildman–Crippen MR) is 112 cm³/mol. The molecule has 2 heterocycles. The minimum atomic E-state index is -0.818. The molecule has 8 heteroatoms. The molecule has 0 aliphatic carbocycles. The van der Waals surface area contributed by atoms with Gasteiger partial charge in [-0.2, -0.15) is 0 Å². The standard InChI is InChI=1S/C20H32N6O2/c1-4-9-24-10-6-11-25(14-13-24)20-22-18-16(26(20)15-12-23(2)3)7-5-8-17(18)28-19(21)27/h5,7-8H,4,6,9-15H2,1-3H3,(H2,21,27). The maximum absolute atomic E-state index is 11.3. The van der Waals surface area contributed by atoms with Gasteiger partial charge in [-0.1, -0.05) is 13.0 Å². The predicted octanol–water partition coefficient (Wildman–Crippen LogP) is 1.98. The van der Waals surface area contributed by atoms with Gasteiger partial charge in [0, 0.05) is 32.7 Å². The number of para-hydroxylation sites is 1. The van der Waals surface area contributed by atoms with Gasteiger partial charge in [-0.25, -0.2) is 9.78 Å². The number of rotatable bonds is 7. The maximum Gasteiger partial charge on any atom is 0.410 e. The summed E-state index contributed by atoms with van der Waals surface area (Å²) in [7, 11) is 4.13. The summed E-state index contributed by atoms with van der Waals surface area (Å²) in [6, 6.07) is 5.64. The van der Waals surface area contributed by atoms with E-state index in [0.717, 1.165) is 63.7 Å². The molecule has 0 atom stereocenters. The van der Waals surface area contributed by atoms with E-state index in [9.17, 15) is 4.79 Å². The summed E-state index contributed by atoms with van der Waals surface area (Å²) in [5.41, 5.74) is 6.90. The lowest BCUT2D eigenvalue weighted by atomic mass is 10.3. The number of amides is 1. The molecule has 1 aromatic heterocycles. The van der Waals surface area contributed by atoms with Gasteiger partial charge in [-0.05, 0) is 52.2 Å². The topological polar surface area (TPSA) is 79.9 Å². The first-order valence-electron chi connectivity index (χ1n) is 10.1. The largest absolute Gasteiger partial charge is 0.410 e. The third kappa shape index (κ3) is 4.74. The molecule has 8 nitrogen and oxygen atoms in total. The zero-order valence-electron chi connectivity index (χ0n) is 17.2. The number of benzene rings is 1.